The fourth-order valence-electron chi connectivity index (χ4n) is 2.25. The number of nitrogens with two attached hydrogens (primary N) is 1. The SMILES string of the molecule is NC(=O)/C=C/c1c[nH]c2ncc(-c3cc(F)cc(C(F)(F)F)c3)nc12. The van der Waals surface area contributed by atoms with E-state index in [0.717, 1.165) is 18.2 Å². The predicted molar refractivity (Wildman–Crippen MR) is 82.5 cm³/mol. The van der Waals surface area contributed by atoms with Gasteiger partial charge in [-0.25, -0.2) is 14.4 Å². The number of nitrogens with zero attached hydrogens (tertiary/aromatic N) is 2. The molecular weight excluding hydrogens is 340 g/mol. The smallest absolute Gasteiger partial charge is 0.366 e. The van der Waals surface area contributed by atoms with Gasteiger partial charge in [0.2, 0.25) is 5.91 Å². The highest BCUT2D eigenvalue weighted by Crippen LogP contribution is 2.33. The van der Waals surface area contributed by atoms with Gasteiger partial charge >= 0.3 is 6.18 Å². The lowest BCUT2D eigenvalue weighted by atomic mass is 10.1. The van der Waals surface area contributed by atoms with Crippen LogP contribution in [0.4, 0.5) is 17.6 Å². The number of H-pyrrole nitrogens is 1. The molecule has 3 rings (SSSR count). The van der Waals surface area contributed by atoms with E-state index in [1.54, 1.807) is 0 Å². The van der Waals surface area contributed by atoms with Gasteiger partial charge in [0.05, 0.1) is 17.5 Å². The van der Waals surface area contributed by atoms with Gasteiger partial charge in [-0.15, -0.1) is 0 Å². The van der Waals surface area contributed by atoms with E-state index in [1.807, 2.05) is 0 Å². The molecule has 0 unspecified atom stereocenters. The van der Waals surface area contributed by atoms with Crippen molar-refractivity contribution in [3.63, 3.8) is 0 Å². The number of hydrogen-bond donors (Lipinski definition) is 2. The summed E-state index contributed by atoms with van der Waals surface area (Å²) in [6, 6.07) is 2.15. The molecule has 9 heteroatoms. The number of alkyl halides is 3. The lowest BCUT2D eigenvalue weighted by molar-refractivity contribution is -0.137. The summed E-state index contributed by atoms with van der Waals surface area (Å²) in [7, 11) is 0. The summed E-state index contributed by atoms with van der Waals surface area (Å²) >= 11 is 0. The average Bonchev–Trinajstić information content (AvgIpc) is 2.93. The Labute approximate surface area is 138 Å². The van der Waals surface area contributed by atoms with Crippen LogP contribution in [-0.2, 0) is 11.0 Å². The highest BCUT2D eigenvalue weighted by Gasteiger charge is 2.31. The highest BCUT2D eigenvalue weighted by atomic mass is 19.4. The van der Waals surface area contributed by atoms with Crippen molar-refractivity contribution in [3.05, 3.63) is 53.6 Å². The number of rotatable bonds is 3. The van der Waals surface area contributed by atoms with Crippen LogP contribution < -0.4 is 5.73 Å². The summed E-state index contributed by atoms with van der Waals surface area (Å²) in [6.45, 7) is 0. The summed E-state index contributed by atoms with van der Waals surface area (Å²) < 4.78 is 52.1. The molecular formula is C16H10F4N4O. The van der Waals surface area contributed by atoms with Gasteiger partial charge in [0.1, 0.15) is 11.3 Å². The molecule has 3 aromatic rings. The molecule has 0 fully saturated rings. The van der Waals surface area contributed by atoms with Gasteiger partial charge in [-0.1, -0.05) is 0 Å². The maximum atomic E-state index is 13.6. The van der Waals surface area contributed by atoms with Crippen LogP contribution in [-0.4, -0.2) is 20.9 Å². The minimum Gasteiger partial charge on any atom is -0.366 e. The molecule has 1 aromatic carbocycles. The normalized spacial score (nSPS) is 12.2. The van der Waals surface area contributed by atoms with E-state index in [2.05, 4.69) is 15.0 Å². The summed E-state index contributed by atoms with van der Waals surface area (Å²) in [6.07, 6.45) is 0.570. The Kier molecular flexibility index (Phi) is 3.99. The number of benzene rings is 1. The Morgan fingerprint density at radius 2 is 2.00 bits per heavy atom. The number of fused-ring (bicyclic) bond motifs is 1. The zero-order valence-corrected chi connectivity index (χ0v) is 12.4. The Balaban J connectivity index is 2.12. The number of carbonyl (C=O) groups is 1. The maximum Gasteiger partial charge on any atom is 0.416 e. The van der Waals surface area contributed by atoms with Crippen LogP contribution in [0.25, 0.3) is 28.5 Å². The van der Waals surface area contributed by atoms with E-state index >= 15 is 0 Å². The van der Waals surface area contributed by atoms with Gasteiger partial charge in [-0.2, -0.15) is 13.2 Å². The summed E-state index contributed by atoms with van der Waals surface area (Å²) in [5.41, 5.74) is 5.05. The first-order chi connectivity index (χ1) is 11.7. The van der Waals surface area contributed by atoms with E-state index in [9.17, 15) is 22.4 Å². The molecule has 128 valence electrons. The predicted octanol–water partition coefficient (Wildman–Crippen LogP) is 3.28. The quantitative estimate of drug-likeness (QED) is 0.562. The number of hydrogen-bond acceptors (Lipinski definition) is 3. The van der Waals surface area contributed by atoms with Crippen LogP contribution in [0.5, 0.6) is 0 Å². The third kappa shape index (κ3) is 3.49. The topological polar surface area (TPSA) is 84.7 Å². The molecule has 0 bridgehead atoms. The highest BCUT2D eigenvalue weighted by molar-refractivity contribution is 5.93. The fourth-order valence-corrected chi connectivity index (χ4v) is 2.25. The fraction of sp³-hybridized carbons (Fsp3) is 0.0625. The molecule has 5 nitrogen and oxygen atoms in total. The van der Waals surface area contributed by atoms with Crippen LogP contribution in [0.2, 0.25) is 0 Å². The zero-order chi connectivity index (χ0) is 18.2. The Morgan fingerprint density at radius 3 is 2.68 bits per heavy atom. The number of aromatic nitrogens is 3. The molecule has 1 amide bonds. The van der Waals surface area contributed by atoms with Crippen molar-refractivity contribution in [2.75, 3.05) is 0 Å². The van der Waals surface area contributed by atoms with Crippen LogP contribution in [0.15, 0.2) is 36.7 Å². The Morgan fingerprint density at radius 1 is 1.24 bits per heavy atom. The molecule has 0 radical (unpaired) electrons. The summed E-state index contributed by atoms with van der Waals surface area (Å²) in [4.78, 5) is 21.9. The average molecular weight is 350 g/mol. The number of nitrogens with one attached hydrogen (secondary N) is 1. The summed E-state index contributed by atoms with van der Waals surface area (Å²) in [5, 5.41) is 0. The van der Waals surface area contributed by atoms with Crippen molar-refractivity contribution >= 4 is 23.1 Å². The molecule has 2 heterocycles. The molecule has 0 atom stereocenters. The molecule has 0 aliphatic rings. The first kappa shape index (κ1) is 16.6. The zero-order valence-electron chi connectivity index (χ0n) is 12.4. The van der Waals surface area contributed by atoms with Crippen molar-refractivity contribution in [1.82, 2.24) is 15.0 Å². The van der Waals surface area contributed by atoms with Crippen LogP contribution >= 0.6 is 0 Å². The van der Waals surface area contributed by atoms with Crippen molar-refractivity contribution in [3.8, 4) is 11.3 Å². The number of aromatic amines is 1. The van der Waals surface area contributed by atoms with Gasteiger partial charge in [0.15, 0.2) is 5.65 Å². The number of carbonyl (C=O) groups excluding carboxylic acids is 1. The van der Waals surface area contributed by atoms with E-state index in [1.165, 1.54) is 18.5 Å². The molecule has 0 aliphatic carbocycles. The van der Waals surface area contributed by atoms with Gasteiger partial charge in [0, 0.05) is 23.4 Å². The molecule has 0 spiro atoms. The number of halogens is 4. The van der Waals surface area contributed by atoms with E-state index in [0.29, 0.717) is 22.8 Å². The van der Waals surface area contributed by atoms with Crippen molar-refractivity contribution < 1.29 is 22.4 Å². The lowest BCUT2D eigenvalue weighted by Crippen LogP contribution is -2.06. The molecule has 25 heavy (non-hydrogen) atoms. The standard InChI is InChI=1S/C16H10F4N4O/c17-11-4-9(3-10(5-11)16(18,19)20)12-7-23-15-14(24-12)8(6-22-15)1-2-13(21)25/h1-7H,(H2,21,25)(H,22,23)/b2-1+. The monoisotopic (exact) mass is 350 g/mol. The van der Waals surface area contributed by atoms with E-state index < -0.39 is 23.5 Å². The minimum atomic E-state index is -4.68. The first-order valence-electron chi connectivity index (χ1n) is 6.94. The third-order valence-electron chi connectivity index (χ3n) is 3.36. The molecule has 2 aromatic heterocycles. The van der Waals surface area contributed by atoms with Crippen LogP contribution in [0.1, 0.15) is 11.1 Å². The van der Waals surface area contributed by atoms with E-state index in [4.69, 9.17) is 5.73 Å². The van der Waals surface area contributed by atoms with Crippen LogP contribution in [0, 0.1) is 5.82 Å². The van der Waals surface area contributed by atoms with Gasteiger partial charge < -0.3 is 10.7 Å². The Hall–Kier alpha value is -3.23. The maximum absolute atomic E-state index is 13.6. The number of amides is 1. The van der Waals surface area contributed by atoms with Crippen molar-refractivity contribution in [2.24, 2.45) is 5.73 Å². The second-order valence-corrected chi connectivity index (χ2v) is 5.16. The van der Waals surface area contributed by atoms with Crippen molar-refractivity contribution in [2.45, 2.75) is 6.18 Å². The van der Waals surface area contributed by atoms with Gasteiger partial charge in [-0.3, -0.25) is 4.79 Å². The molecule has 0 aliphatic heterocycles. The lowest BCUT2D eigenvalue weighted by Gasteiger charge is -2.09. The van der Waals surface area contributed by atoms with Crippen LogP contribution in [0.3, 0.4) is 0 Å². The molecule has 0 saturated carbocycles. The van der Waals surface area contributed by atoms with Gasteiger partial charge in [0.25, 0.3) is 0 Å². The number of primary amides is 1. The Bertz CT molecular complexity index is 991. The first-order valence-corrected chi connectivity index (χ1v) is 6.94. The second-order valence-electron chi connectivity index (χ2n) is 5.16. The van der Waals surface area contributed by atoms with Gasteiger partial charge in [-0.05, 0) is 24.3 Å². The van der Waals surface area contributed by atoms with Crippen molar-refractivity contribution in [1.29, 1.82) is 0 Å². The van der Waals surface area contributed by atoms with E-state index in [-0.39, 0.29) is 11.3 Å². The summed E-state index contributed by atoms with van der Waals surface area (Å²) in [5.74, 6) is -1.70. The second kappa shape index (κ2) is 6.00. The molecule has 0 saturated heterocycles. The molecule has 3 N–H and O–H groups in total. The minimum absolute atomic E-state index is 0.0609. The third-order valence-corrected chi connectivity index (χ3v) is 3.36. The largest absolute Gasteiger partial charge is 0.416 e.